The van der Waals surface area contributed by atoms with Gasteiger partial charge in [-0.15, -0.1) is 0 Å². The monoisotopic (exact) mass is 643 g/mol. The Labute approximate surface area is 298 Å². The molecule has 0 unspecified atom stereocenters. The first-order chi connectivity index (χ1) is 27.3. The van der Waals surface area contributed by atoms with Crippen LogP contribution in [0.4, 0.5) is 0 Å². The van der Waals surface area contributed by atoms with E-state index in [9.17, 15) is 5.48 Å². The smallest absolute Gasteiger partial charge is 0.135 e. The molecule has 2 heterocycles. The molecule has 50 heavy (non-hydrogen) atoms. The van der Waals surface area contributed by atoms with Gasteiger partial charge in [0.15, 0.2) is 0 Å². The van der Waals surface area contributed by atoms with Crippen LogP contribution < -0.4 is 0 Å². The van der Waals surface area contributed by atoms with Gasteiger partial charge in [-0.2, -0.15) is 0 Å². The number of para-hydroxylation sites is 1. The van der Waals surface area contributed by atoms with Gasteiger partial charge in [0.2, 0.25) is 0 Å². The van der Waals surface area contributed by atoms with Crippen LogP contribution in [0.15, 0.2) is 192 Å². The lowest BCUT2D eigenvalue weighted by Crippen LogP contribution is -1.94. The number of hydrogen-bond acceptors (Lipinski definition) is 1. The first kappa shape index (κ1) is 22.8. The minimum atomic E-state index is -0.143. The summed E-state index contributed by atoms with van der Waals surface area (Å²) in [6, 6.07) is 48.4. The van der Waals surface area contributed by atoms with Crippen molar-refractivity contribution in [3.05, 3.63) is 188 Å². The summed E-state index contributed by atoms with van der Waals surface area (Å²) in [5, 5.41) is 2.62. The summed E-state index contributed by atoms with van der Waals surface area (Å²) in [7, 11) is 0. The van der Waals surface area contributed by atoms with Crippen LogP contribution in [-0.4, -0.2) is 4.57 Å². The molecular formula is C48H31NO. The fraction of sp³-hybridized carbons (Fsp3) is 0. The third-order valence-corrected chi connectivity index (χ3v) is 9.46. The van der Waals surface area contributed by atoms with Gasteiger partial charge in [-0.3, -0.25) is 0 Å². The molecule has 2 nitrogen and oxygen atoms in total. The summed E-state index contributed by atoms with van der Waals surface area (Å²) in [4.78, 5) is 0. The van der Waals surface area contributed by atoms with Crippen LogP contribution >= 0.6 is 0 Å². The zero-order valence-electron chi connectivity index (χ0n) is 32.8. The first-order valence-corrected chi connectivity index (χ1v) is 16.6. The molecular weight excluding hydrogens is 607 g/mol. The van der Waals surface area contributed by atoms with Crippen molar-refractivity contribution in [1.82, 2.24) is 4.57 Å². The van der Waals surface area contributed by atoms with E-state index in [0.29, 0.717) is 39.0 Å². The van der Waals surface area contributed by atoms with E-state index in [2.05, 4.69) is 42.5 Å². The Hall–Kier alpha value is -6.64. The Balaban J connectivity index is 1.14. The molecule has 10 rings (SSSR count). The van der Waals surface area contributed by atoms with Gasteiger partial charge in [0.05, 0.1) is 19.3 Å². The molecule has 0 aliphatic heterocycles. The van der Waals surface area contributed by atoms with Crippen molar-refractivity contribution < 1.29 is 12.6 Å². The number of benzene rings is 8. The Morgan fingerprint density at radius 1 is 0.360 bits per heavy atom. The molecule has 0 bridgehead atoms. The third kappa shape index (κ3) is 4.73. The van der Waals surface area contributed by atoms with E-state index >= 15 is 0 Å². The molecule has 234 valence electrons. The molecule has 0 amide bonds. The predicted molar refractivity (Wildman–Crippen MR) is 210 cm³/mol. The molecule has 0 aliphatic rings. The highest BCUT2D eigenvalue weighted by Crippen LogP contribution is 2.38. The fourth-order valence-corrected chi connectivity index (χ4v) is 6.92. The molecule has 2 aromatic heterocycles. The van der Waals surface area contributed by atoms with Crippen LogP contribution in [-0.2, 0) is 0 Å². The van der Waals surface area contributed by atoms with E-state index < -0.39 is 0 Å². The quantitative estimate of drug-likeness (QED) is 0.182. The molecule has 0 aliphatic carbocycles. The lowest BCUT2D eigenvalue weighted by Gasteiger charge is -2.11. The lowest BCUT2D eigenvalue weighted by atomic mass is 9.99. The van der Waals surface area contributed by atoms with Crippen LogP contribution in [0.2, 0.25) is 0 Å². The number of aromatic nitrogens is 1. The van der Waals surface area contributed by atoms with E-state index in [1.54, 1.807) is 4.57 Å². The summed E-state index contributed by atoms with van der Waals surface area (Å²) in [5.41, 5.74) is 9.04. The summed E-state index contributed by atoms with van der Waals surface area (Å²) in [6.45, 7) is 0. The van der Waals surface area contributed by atoms with Crippen molar-refractivity contribution in [2.45, 2.75) is 0 Å². The molecule has 0 fully saturated rings. The number of rotatable bonds is 5. The highest BCUT2D eigenvalue weighted by Gasteiger charge is 2.15. The lowest BCUT2D eigenvalue weighted by molar-refractivity contribution is 0.669. The van der Waals surface area contributed by atoms with Gasteiger partial charge in [0.1, 0.15) is 11.2 Å². The second-order valence-electron chi connectivity index (χ2n) is 12.4. The summed E-state index contributed by atoms with van der Waals surface area (Å²) in [5.74, 6) is 0. The molecule has 10 aromatic rings. The van der Waals surface area contributed by atoms with E-state index in [4.69, 9.17) is 7.16 Å². The SMILES string of the molecule is [2H]c1c(-c2ccccc2)c([2H])c2c(c1[2H])c1c([2H])c([2H])c(-c3ccccc3)c([2H])c1n2-c1ccc(-c2ccc(-c3ccc4oc5ccccc5c4c3)cc2)cc1. The van der Waals surface area contributed by atoms with Crippen molar-refractivity contribution in [2.75, 3.05) is 0 Å². The maximum atomic E-state index is 9.59. The Morgan fingerprint density at radius 2 is 0.820 bits per heavy atom. The van der Waals surface area contributed by atoms with Crippen LogP contribution in [0, 0.1) is 0 Å². The van der Waals surface area contributed by atoms with Gasteiger partial charge >= 0.3 is 0 Å². The molecule has 0 saturated heterocycles. The van der Waals surface area contributed by atoms with Crippen molar-refractivity contribution in [3.8, 4) is 50.2 Å². The summed E-state index contributed by atoms with van der Waals surface area (Å²) in [6.07, 6.45) is 0. The standard InChI is InChI=1S/C48H31NO/c1-3-9-32(10-4-1)38-21-26-41-42-27-22-39(33-11-5-2-6-12-33)31-46(42)49(45(41)30-38)40-24-19-35(20-25-40)34-15-17-36(18-16-34)37-23-28-48-44(29-37)43-13-7-8-14-47(43)50-48/h1-31H/i21D,22D,26D,27D,30D,31D. The highest BCUT2D eigenvalue weighted by molar-refractivity contribution is 6.11. The summed E-state index contributed by atoms with van der Waals surface area (Å²) < 4.78 is 63.7. The average Bonchev–Trinajstić information content (AvgIpc) is 3.80. The van der Waals surface area contributed by atoms with E-state index in [1.165, 1.54) is 0 Å². The first-order valence-electron chi connectivity index (χ1n) is 19.6. The summed E-state index contributed by atoms with van der Waals surface area (Å²) >= 11 is 0. The minimum Gasteiger partial charge on any atom is -0.456 e. The molecule has 8 aromatic carbocycles. The largest absolute Gasteiger partial charge is 0.456 e. The Bertz CT molecular complexity index is 3050. The normalized spacial score (nSPS) is 13.3. The van der Waals surface area contributed by atoms with Gasteiger partial charge in [-0.05, 0) is 86.9 Å². The number of hydrogen-bond donors (Lipinski definition) is 0. The van der Waals surface area contributed by atoms with Crippen molar-refractivity contribution in [1.29, 1.82) is 0 Å². The van der Waals surface area contributed by atoms with Crippen LogP contribution in [0.3, 0.4) is 0 Å². The Kier molecular flexibility index (Phi) is 5.26. The molecule has 0 radical (unpaired) electrons. The molecule has 0 atom stereocenters. The maximum Gasteiger partial charge on any atom is 0.135 e. The zero-order chi connectivity index (χ0) is 38.2. The molecule has 0 saturated carbocycles. The number of furan rings is 1. The highest BCUT2D eigenvalue weighted by atomic mass is 16.3. The van der Waals surface area contributed by atoms with Crippen LogP contribution in [0.1, 0.15) is 8.22 Å². The Morgan fingerprint density at radius 3 is 1.42 bits per heavy atom. The van der Waals surface area contributed by atoms with Gasteiger partial charge in [-0.1, -0.05) is 145 Å². The van der Waals surface area contributed by atoms with Crippen molar-refractivity contribution >= 4 is 43.7 Å². The van der Waals surface area contributed by atoms with E-state index in [1.807, 2.05) is 109 Å². The molecule has 2 heteroatoms. The fourth-order valence-electron chi connectivity index (χ4n) is 6.92. The number of fused-ring (bicyclic) bond motifs is 6. The molecule has 0 spiro atoms. The van der Waals surface area contributed by atoms with E-state index in [0.717, 1.165) is 44.2 Å². The van der Waals surface area contributed by atoms with Gasteiger partial charge in [-0.25, -0.2) is 0 Å². The second-order valence-corrected chi connectivity index (χ2v) is 12.4. The van der Waals surface area contributed by atoms with Gasteiger partial charge < -0.3 is 8.98 Å². The maximum absolute atomic E-state index is 9.59. The predicted octanol–water partition coefficient (Wildman–Crippen LogP) is 13.4. The van der Waals surface area contributed by atoms with Crippen LogP contribution in [0.25, 0.3) is 93.9 Å². The van der Waals surface area contributed by atoms with Crippen LogP contribution in [0.5, 0.6) is 0 Å². The topological polar surface area (TPSA) is 18.1 Å². The minimum absolute atomic E-state index is 0.0243. The molecule has 0 N–H and O–H groups in total. The van der Waals surface area contributed by atoms with E-state index in [-0.39, 0.29) is 47.0 Å². The van der Waals surface area contributed by atoms with Gasteiger partial charge in [0, 0.05) is 27.2 Å². The van der Waals surface area contributed by atoms with Gasteiger partial charge in [0.25, 0.3) is 0 Å². The third-order valence-electron chi connectivity index (χ3n) is 9.46. The van der Waals surface area contributed by atoms with Crippen molar-refractivity contribution in [2.24, 2.45) is 0 Å². The van der Waals surface area contributed by atoms with Crippen molar-refractivity contribution in [3.63, 3.8) is 0 Å². The number of nitrogens with zero attached hydrogens (tertiary/aromatic N) is 1. The average molecular weight is 644 g/mol. The second kappa shape index (κ2) is 11.5. The zero-order valence-corrected chi connectivity index (χ0v) is 26.8.